The van der Waals surface area contributed by atoms with Crippen molar-refractivity contribution in [3.63, 3.8) is 0 Å². The first-order valence-electron chi connectivity index (χ1n) is 17.7. The summed E-state index contributed by atoms with van der Waals surface area (Å²) in [6.07, 6.45) is 8.92. The van der Waals surface area contributed by atoms with Crippen molar-refractivity contribution >= 4 is 59.4 Å². The van der Waals surface area contributed by atoms with Crippen LogP contribution >= 0.6 is 0 Å². The molecule has 10 rings (SSSR count). The third-order valence-electron chi connectivity index (χ3n) is 10.7. The highest BCUT2D eigenvalue weighted by atomic mass is 14.2. The SMILES string of the molecule is C1=CCCC(c2ccc3c(-c4cc5ccccc5c5ccccc45)c4cc(-c5ccccc5)ccc4c(-c4cccc5ccccc45)c3c2)=C1. The molecule has 0 saturated carbocycles. The lowest BCUT2D eigenvalue weighted by Gasteiger charge is -2.22. The molecular formula is C50H34. The molecule has 0 aliphatic heterocycles. The Morgan fingerprint density at radius 3 is 1.74 bits per heavy atom. The number of benzene rings is 9. The molecule has 0 amide bonds. The molecule has 0 heteroatoms. The lowest BCUT2D eigenvalue weighted by atomic mass is 9.81. The fraction of sp³-hybridized carbons (Fsp3) is 0.0400. The molecule has 9 aromatic rings. The van der Waals surface area contributed by atoms with Crippen LogP contribution in [0.3, 0.4) is 0 Å². The zero-order chi connectivity index (χ0) is 33.0. The van der Waals surface area contributed by atoms with Crippen LogP contribution in [-0.4, -0.2) is 0 Å². The van der Waals surface area contributed by atoms with Crippen molar-refractivity contribution in [2.75, 3.05) is 0 Å². The highest BCUT2D eigenvalue weighted by molar-refractivity contribution is 6.27. The Labute approximate surface area is 292 Å². The molecule has 0 aromatic heterocycles. The molecule has 1 aliphatic carbocycles. The van der Waals surface area contributed by atoms with Crippen LogP contribution in [0.2, 0.25) is 0 Å². The minimum atomic E-state index is 1.06. The van der Waals surface area contributed by atoms with Crippen LogP contribution in [0.1, 0.15) is 18.4 Å². The summed E-state index contributed by atoms with van der Waals surface area (Å²) in [5, 5.41) is 12.8. The molecule has 0 unspecified atom stereocenters. The summed E-state index contributed by atoms with van der Waals surface area (Å²) >= 11 is 0. The summed E-state index contributed by atoms with van der Waals surface area (Å²) < 4.78 is 0. The average Bonchev–Trinajstić information content (AvgIpc) is 3.20. The second kappa shape index (κ2) is 11.7. The molecule has 234 valence electrons. The van der Waals surface area contributed by atoms with E-state index in [0.717, 1.165) is 12.8 Å². The first kappa shape index (κ1) is 28.7. The summed E-state index contributed by atoms with van der Waals surface area (Å²) in [7, 11) is 0. The maximum Gasteiger partial charge on any atom is -0.00197 e. The van der Waals surface area contributed by atoms with Crippen LogP contribution in [0.5, 0.6) is 0 Å². The molecule has 0 radical (unpaired) electrons. The van der Waals surface area contributed by atoms with Gasteiger partial charge in [0.05, 0.1) is 0 Å². The fourth-order valence-electron chi connectivity index (χ4n) is 8.37. The van der Waals surface area contributed by atoms with Crippen LogP contribution in [0.4, 0.5) is 0 Å². The summed E-state index contributed by atoms with van der Waals surface area (Å²) in [5.74, 6) is 0. The fourth-order valence-corrected chi connectivity index (χ4v) is 8.37. The average molecular weight is 635 g/mol. The molecule has 0 spiro atoms. The molecule has 0 atom stereocenters. The van der Waals surface area contributed by atoms with Crippen LogP contribution in [0, 0.1) is 0 Å². The van der Waals surface area contributed by atoms with Crippen molar-refractivity contribution in [1.82, 2.24) is 0 Å². The normalized spacial score (nSPS) is 13.1. The Bertz CT molecular complexity index is 2840. The summed E-state index contributed by atoms with van der Waals surface area (Å²) in [4.78, 5) is 0. The first-order valence-corrected chi connectivity index (χ1v) is 17.7. The molecule has 0 bridgehead atoms. The van der Waals surface area contributed by atoms with Gasteiger partial charge in [-0.3, -0.25) is 0 Å². The van der Waals surface area contributed by atoms with Crippen molar-refractivity contribution in [2.24, 2.45) is 0 Å². The van der Waals surface area contributed by atoms with Gasteiger partial charge in [0.1, 0.15) is 0 Å². The van der Waals surface area contributed by atoms with Gasteiger partial charge in [-0.1, -0.05) is 164 Å². The Morgan fingerprint density at radius 1 is 0.340 bits per heavy atom. The smallest absolute Gasteiger partial charge is 0.00197 e. The number of rotatable bonds is 4. The third kappa shape index (κ3) is 4.60. The standard InChI is InChI=1S/C50H34/c1-3-14-33(15-4-1)36-27-29-45-47(30-36)49(43-25-13-20-35-18-7-9-21-39(35)43)44-28-26-37(34-16-5-2-6-17-34)31-48(44)50(45)46-32-38-19-8-10-22-40(38)41-23-11-12-24-42(41)46/h1-3,5-14,16-32H,4,15H2. The monoisotopic (exact) mass is 634 g/mol. The summed E-state index contributed by atoms with van der Waals surface area (Å²) in [6.45, 7) is 0. The van der Waals surface area contributed by atoms with Gasteiger partial charge in [-0.15, -0.1) is 0 Å². The predicted molar refractivity (Wildman–Crippen MR) is 217 cm³/mol. The van der Waals surface area contributed by atoms with E-state index in [1.165, 1.54) is 98.4 Å². The molecule has 0 saturated heterocycles. The maximum atomic E-state index is 2.48. The van der Waals surface area contributed by atoms with Gasteiger partial charge in [-0.25, -0.2) is 0 Å². The van der Waals surface area contributed by atoms with Gasteiger partial charge in [0, 0.05) is 0 Å². The molecular weight excluding hydrogens is 601 g/mol. The second-order valence-electron chi connectivity index (χ2n) is 13.5. The Balaban J connectivity index is 1.42. The van der Waals surface area contributed by atoms with Gasteiger partial charge in [0.15, 0.2) is 0 Å². The Kier molecular flexibility index (Phi) is 6.74. The van der Waals surface area contributed by atoms with Gasteiger partial charge >= 0.3 is 0 Å². The zero-order valence-corrected chi connectivity index (χ0v) is 27.7. The Morgan fingerprint density at radius 2 is 0.960 bits per heavy atom. The van der Waals surface area contributed by atoms with Crippen molar-refractivity contribution in [1.29, 1.82) is 0 Å². The van der Waals surface area contributed by atoms with E-state index >= 15 is 0 Å². The number of fused-ring (bicyclic) bond motifs is 6. The van der Waals surface area contributed by atoms with Crippen molar-refractivity contribution in [2.45, 2.75) is 12.8 Å². The number of hydrogen-bond donors (Lipinski definition) is 0. The van der Waals surface area contributed by atoms with E-state index in [-0.39, 0.29) is 0 Å². The zero-order valence-electron chi connectivity index (χ0n) is 27.7. The molecule has 1 aliphatic rings. The Hall–Kier alpha value is -6.24. The van der Waals surface area contributed by atoms with E-state index < -0.39 is 0 Å². The molecule has 0 fully saturated rings. The van der Waals surface area contributed by atoms with Crippen LogP contribution in [0.25, 0.3) is 92.8 Å². The first-order chi connectivity index (χ1) is 24.8. The summed E-state index contributed by atoms with van der Waals surface area (Å²) in [6, 6.07) is 61.0. The molecule has 0 N–H and O–H groups in total. The van der Waals surface area contributed by atoms with E-state index in [9.17, 15) is 0 Å². The number of hydrogen-bond acceptors (Lipinski definition) is 0. The quantitative estimate of drug-likeness (QED) is 0.133. The van der Waals surface area contributed by atoms with Gasteiger partial charge in [0.25, 0.3) is 0 Å². The predicted octanol–water partition coefficient (Wildman–Crippen LogP) is 14.2. The van der Waals surface area contributed by atoms with E-state index in [1.807, 2.05) is 0 Å². The van der Waals surface area contributed by atoms with E-state index in [0.29, 0.717) is 0 Å². The maximum absolute atomic E-state index is 2.48. The molecule has 0 heterocycles. The topological polar surface area (TPSA) is 0 Å². The highest BCUT2D eigenvalue weighted by Gasteiger charge is 2.21. The highest BCUT2D eigenvalue weighted by Crippen LogP contribution is 2.49. The van der Waals surface area contributed by atoms with Crippen LogP contribution in [-0.2, 0) is 0 Å². The molecule has 0 nitrogen and oxygen atoms in total. The van der Waals surface area contributed by atoms with Gasteiger partial charge in [-0.05, 0) is 129 Å². The lowest BCUT2D eigenvalue weighted by Crippen LogP contribution is -1.95. The minimum Gasteiger partial charge on any atom is -0.0842 e. The van der Waals surface area contributed by atoms with E-state index in [4.69, 9.17) is 0 Å². The van der Waals surface area contributed by atoms with E-state index in [2.05, 4.69) is 182 Å². The summed E-state index contributed by atoms with van der Waals surface area (Å²) in [5.41, 5.74) is 10.3. The van der Waals surface area contributed by atoms with Crippen molar-refractivity contribution < 1.29 is 0 Å². The molecule has 9 aromatic carbocycles. The van der Waals surface area contributed by atoms with Gasteiger partial charge in [0.2, 0.25) is 0 Å². The van der Waals surface area contributed by atoms with Crippen LogP contribution in [0.15, 0.2) is 182 Å². The lowest BCUT2D eigenvalue weighted by molar-refractivity contribution is 1.05. The van der Waals surface area contributed by atoms with Crippen molar-refractivity contribution in [3.8, 4) is 33.4 Å². The number of allylic oxidation sites excluding steroid dienone is 4. The largest absolute Gasteiger partial charge is 0.0842 e. The van der Waals surface area contributed by atoms with E-state index in [1.54, 1.807) is 0 Å². The minimum absolute atomic E-state index is 1.06. The third-order valence-corrected chi connectivity index (χ3v) is 10.7. The van der Waals surface area contributed by atoms with Gasteiger partial charge < -0.3 is 0 Å². The van der Waals surface area contributed by atoms with Crippen molar-refractivity contribution in [3.05, 3.63) is 188 Å². The van der Waals surface area contributed by atoms with Crippen LogP contribution < -0.4 is 0 Å². The van der Waals surface area contributed by atoms with Gasteiger partial charge in [-0.2, -0.15) is 0 Å². The molecule has 50 heavy (non-hydrogen) atoms. The second-order valence-corrected chi connectivity index (χ2v) is 13.5.